The third-order valence-corrected chi connectivity index (χ3v) is 0.789. The van der Waals surface area contributed by atoms with Crippen molar-refractivity contribution in [2.24, 2.45) is 0 Å². The molecule has 62 valence electrons. The number of allylic oxidation sites excluding steroid dienone is 2. The summed E-state index contributed by atoms with van der Waals surface area (Å²) in [7, 11) is 0. The Kier molecular flexibility index (Phi) is 13.1. The highest BCUT2D eigenvalue weighted by Gasteiger charge is 2.16. The molecule has 3 heteroatoms. The fraction of sp³-hybridized carbons (Fsp3) is 0.250. The first-order valence-electron chi connectivity index (χ1n) is 2.99. The van der Waals surface area contributed by atoms with Crippen molar-refractivity contribution in [3.63, 3.8) is 0 Å². The number of ether oxygens (including phenoxy) is 1. The van der Waals surface area contributed by atoms with E-state index in [-0.39, 0.29) is 0 Å². The van der Waals surface area contributed by atoms with Gasteiger partial charge in [0.2, 0.25) is 0 Å². The van der Waals surface area contributed by atoms with Crippen molar-refractivity contribution >= 4 is 0 Å². The minimum absolute atomic E-state index is 0.398. The maximum atomic E-state index is 7.00. The van der Waals surface area contributed by atoms with E-state index < -0.39 is 0 Å². The number of rotatable bonds is 2. The Bertz CT molecular complexity index is 111. The van der Waals surface area contributed by atoms with E-state index in [2.05, 4.69) is 19.7 Å². The minimum Gasteiger partial charge on any atom is -0.369 e. The van der Waals surface area contributed by atoms with E-state index in [0.717, 1.165) is 6.61 Å². The molecule has 1 aliphatic heterocycles. The SMILES string of the molecule is C=CC1CO1.C=CC=C.O=O. The molecule has 0 aromatic rings. The first kappa shape index (κ1) is 12.5. The van der Waals surface area contributed by atoms with Crippen LogP contribution < -0.4 is 0 Å². The molecule has 1 aliphatic rings. The minimum atomic E-state index is 0.398. The maximum absolute atomic E-state index is 7.00. The van der Waals surface area contributed by atoms with Crippen LogP contribution in [0.4, 0.5) is 0 Å². The highest BCUT2D eigenvalue weighted by Crippen LogP contribution is 2.07. The Balaban J connectivity index is 0. The lowest BCUT2D eigenvalue weighted by atomic mass is 10.5. The Morgan fingerprint density at radius 3 is 1.55 bits per heavy atom. The Morgan fingerprint density at radius 1 is 1.18 bits per heavy atom. The normalized spacial score (nSPS) is 17.3. The lowest BCUT2D eigenvalue weighted by Crippen LogP contribution is -1.65. The van der Waals surface area contributed by atoms with Crippen molar-refractivity contribution in [2.45, 2.75) is 6.10 Å². The molecular formula is C8H12O3. The molecule has 1 rings (SSSR count). The van der Waals surface area contributed by atoms with E-state index in [1.54, 1.807) is 18.2 Å². The molecule has 0 aromatic heterocycles. The van der Waals surface area contributed by atoms with Gasteiger partial charge in [-0.25, -0.2) is 0 Å². The molecule has 0 aromatic carbocycles. The second-order valence-electron chi connectivity index (χ2n) is 1.58. The first-order chi connectivity index (χ1) is 5.35. The van der Waals surface area contributed by atoms with Gasteiger partial charge in [0, 0.05) is 9.93 Å². The van der Waals surface area contributed by atoms with Crippen LogP contribution in [-0.2, 0) is 4.74 Å². The van der Waals surface area contributed by atoms with Crippen LogP contribution in [0.15, 0.2) is 38.0 Å². The molecule has 0 spiro atoms. The quantitative estimate of drug-likeness (QED) is 0.349. The average molecular weight is 156 g/mol. The first-order valence-corrected chi connectivity index (χ1v) is 2.99. The molecule has 11 heavy (non-hydrogen) atoms. The van der Waals surface area contributed by atoms with Crippen molar-refractivity contribution < 1.29 is 4.74 Å². The van der Waals surface area contributed by atoms with Crippen LogP contribution in [0.2, 0.25) is 0 Å². The standard InChI is InChI=1S/C4H6O.C4H6.O2/c1-2-4-3-5-4;1-3-4-2;1-2/h2,4H,1,3H2;3-4H,1-2H2;. The summed E-state index contributed by atoms with van der Waals surface area (Å²) in [5.74, 6) is 0. The van der Waals surface area contributed by atoms with Gasteiger partial charge in [0.1, 0.15) is 0 Å². The fourth-order valence-corrected chi connectivity index (χ4v) is 0.192. The molecule has 0 bridgehead atoms. The molecule has 0 saturated carbocycles. The van der Waals surface area contributed by atoms with Crippen molar-refractivity contribution in [1.82, 2.24) is 0 Å². The van der Waals surface area contributed by atoms with E-state index in [4.69, 9.17) is 14.7 Å². The second kappa shape index (κ2) is 11.6. The van der Waals surface area contributed by atoms with E-state index in [1.165, 1.54) is 0 Å². The third kappa shape index (κ3) is 17.7. The zero-order chi connectivity index (χ0) is 9.11. The molecule has 3 nitrogen and oxygen atoms in total. The molecular weight excluding hydrogens is 144 g/mol. The summed E-state index contributed by atoms with van der Waals surface area (Å²) in [6, 6.07) is 0. The molecule has 1 unspecified atom stereocenters. The number of hydrogen-bond donors (Lipinski definition) is 0. The Hall–Kier alpha value is -1.22. The van der Waals surface area contributed by atoms with Crippen LogP contribution in [0.5, 0.6) is 0 Å². The van der Waals surface area contributed by atoms with Crippen molar-refractivity contribution in [2.75, 3.05) is 6.61 Å². The van der Waals surface area contributed by atoms with Crippen LogP contribution in [0.25, 0.3) is 0 Å². The summed E-state index contributed by atoms with van der Waals surface area (Å²) in [6.07, 6.45) is 5.48. The van der Waals surface area contributed by atoms with Gasteiger partial charge < -0.3 is 4.74 Å². The van der Waals surface area contributed by atoms with Gasteiger partial charge in [-0.3, -0.25) is 0 Å². The van der Waals surface area contributed by atoms with Gasteiger partial charge in [-0.05, 0) is 0 Å². The van der Waals surface area contributed by atoms with Gasteiger partial charge >= 0.3 is 0 Å². The molecule has 1 fully saturated rings. The largest absolute Gasteiger partial charge is 0.369 e. The highest BCUT2D eigenvalue weighted by molar-refractivity contribution is 4.88. The topological polar surface area (TPSA) is 46.7 Å². The smallest absolute Gasteiger partial charge is 0.0988 e. The highest BCUT2D eigenvalue weighted by atomic mass is 16.7. The van der Waals surface area contributed by atoms with Gasteiger partial charge in [0.15, 0.2) is 0 Å². The maximum Gasteiger partial charge on any atom is 0.0988 e. The summed E-state index contributed by atoms with van der Waals surface area (Å²) in [5.41, 5.74) is 0. The Labute approximate surface area is 66.3 Å². The van der Waals surface area contributed by atoms with E-state index in [9.17, 15) is 0 Å². The van der Waals surface area contributed by atoms with Gasteiger partial charge in [-0.15, -0.1) is 6.58 Å². The summed E-state index contributed by atoms with van der Waals surface area (Å²) in [4.78, 5) is 14.0. The van der Waals surface area contributed by atoms with Gasteiger partial charge in [0.25, 0.3) is 0 Å². The van der Waals surface area contributed by atoms with Crippen LogP contribution in [0, 0.1) is 9.93 Å². The summed E-state index contributed by atoms with van der Waals surface area (Å²) >= 11 is 0. The molecule has 0 radical (unpaired) electrons. The summed E-state index contributed by atoms with van der Waals surface area (Å²) in [5, 5.41) is 0. The lowest BCUT2D eigenvalue weighted by Gasteiger charge is -1.59. The van der Waals surface area contributed by atoms with Gasteiger partial charge in [-0.1, -0.05) is 31.4 Å². The zero-order valence-electron chi connectivity index (χ0n) is 6.36. The average Bonchev–Trinajstić information content (AvgIpc) is 2.91. The molecule has 0 N–H and O–H groups in total. The van der Waals surface area contributed by atoms with E-state index >= 15 is 0 Å². The zero-order valence-corrected chi connectivity index (χ0v) is 6.36. The Morgan fingerprint density at radius 2 is 1.55 bits per heavy atom. The predicted molar refractivity (Wildman–Crippen MR) is 47.1 cm³/mol. The summed E-state index contributed by atoms with van der Waals surface area (Å²) < 4.78 is 4.74. The van der Waals surface area contributed by atoms with Crippen LogP contribution in [0.1, 0.15) is 0 Å². The molecule has 1 saturated heterocycles. The van der Waals surface area contributed by atoms with E-state index in [1.807, 2.05) is 0 Å². The number of epoxide rings is 1. The van der Waals surface area contributed by atoms with Gasteiger partial charge in [0.05, 0.1) is 12.7 Å². The van der Waals surface area contributed by atoms with Crippen molar-refractivity contribution in [3.05, 3.63) is 47.9 Å². The second-order valence-corrected chi connectivity index (χ2v) is 1.58. The van der Waals surface area contributed by atoms with E-state index in [0.29, 0.717) is 6.10 Å². The predicted octanol–water partition coefficient (Wildman–Crippen LogP) is 2.00. The van der Waals surface area contributed by atoms with Gasteiger partial charge in [-0.2, -0.15) is 0 Å². The molecule has 0 aliphatic carbocycles. The van der Waals surface area contributed by atoms with Crippen LogP contribution in [0.3, 0.4) is 0 Å². The molecule has 1 heterocycles. The fourth-order valence-electron chi connectivity index (χ4n) is 0.192. The summed E-state index contributed by atoms with van der Waals surface area (Å²) in [6.45, 7) is 11.1. The molecule has 1 atom stereocenters. The van der Waals surface area contributed by atoms with Crippen LogP contribution >= 0.6 is 0 Å². The number of hydrogen-bond acceptors (Lipinski definition) is 3. The molecule has 0 amide bonds. The van der Waals surface area contributed by atoms with Crippen molar-refractivity contribution in [3.8, 4) is 0 Å². The monoisotopic (exact) mass is 156 g/mol. The lowest BCUT2D eigenvalue weighted by molar-refractivity contribution is 0.440. The van der Waals surface area contributed by atoms with Crippen LogP contribution in [-0.4, -0.2) is 12.7 Å². The van der Waals surface area contributed by atoms with Crippen molar-refractivity contribution in [1.29, 1.82) is 0 Å². The third-order valence-electron chi connectivity index (χ3n) is 0.789.